The number of amides is 1. The van der Waals surface area contributed by atoms with Gasteiger partial charge >= 0.3 is 0 Å². The van der Waals surface area contributed by atoms with Gasteiger partial charge in [0, 0.05) is 23.3 Å². The summed E-state index contributed by atoms with van der Waals surface area (Å²) in [6.07, 6.45) is 5.31. The van der Waals surface area contributed by atoms with Crippen molar-refractivity contribution in [2.45, 2.75) is 23.8 Å². The molecule has 0 radical (unpaired) electrons. The van der Waals surface area contributed by atoms with Crippen LogP contribution in [-0.2, 0) is 4.79 Å². The van der Waals surface area contributed by atoms with Gasteiger partial charge in [-0.15, -0.1) is 22.0 Å². The van der Waals surface area contributed by atoms with Gasteiger partial charge in [-0.25, -0.2) is 0 Å². The Labute approximate surface area is 162 Å². The number of nitrogens with zero attached hydrogens (tertiary/aromatic N) is 3. The van der Waals surface area contributed by atoms with Gasteiger partial charge in [-0.3, -0.25) is 9.20 Å². The second-order valence-electron chi connectivity index (χ2n) is 5.80. The summed E-state index contributed by atoms with van der Waals surface area (Å²) in [5.41, 5.74) is 0.797. The molecule has 1 aromatic carbocycles. The number of fused-ring (bicyclic) bond motifs is 1. The van der Waals surface area contributed by atoms with Crippen LogP contribution < -0.4 is 5.32 Å². The summed E-state index contributed by atoms with van der Waals surface area (Å²) >= 11 is 3.46. The molecule has 1 atom stereocenters. The van der Waals surface area contributed by atoms with Gasteiger partial charge in [0.15, 0.2) is 11.5 Å². The number of benzene rings is 1. The number of rotatable bonds is 9. The van der Waals surface area contributed by atoms with Crippen molar-refractivity contribution < 1.29 is 4.79 Å². The summed E-state index contributed by atoms with van der Waals surface area (Å²) in [5, 5.41) is 11.7. The molecule has 0 aliphatic heterocycles. The lowest BCUT2D eigenvalue weighted by Crippen LogP contribution is -2.30. The number of aromatic nitrogens is 3. The van der Waals surface area contributed by atoms with E-state index in [1.165, 1.54) is 4.90 Å². The average molecular weight is 387 g/mol. The lowest BCUT2D eigenvalue weighted by Gasteiger charge is -2.17. The van der Waals surface area contributed by atoms with Crippen LogP contribution in [0.3, 0.4) is 0 Å². The van der Waals surface area contributed by atoms with Crippen molar-refractivity contribution in [1.82, 2.24) is 19.9 Å². The lowest BCUT2D eigenvalue weighted by atomic mass is 10.2. The Morgan fingerprint density at radius 1 is 1.12 bits per heavy atom. The molecule has 0 saturated carbocycles. The molecule has 3 rings (SSSR count). The van der Waals surface area contributed by atoms with E-state index >= 15 is 0 Å². The fourth-order valence-corrected chi connectivity index (χ4v) is 3.99. The van der Waals surface area contributed by atoms with Gasteiger partial charge < -0.3 is 5.32 Å². The van der Waals surface area contributed by atoms with Crippen LogP contribution in [0.1, 0.15) is 24.7 Å². The summed E-state index contributed by atoms with van der Waals surface area (Å²) in [6.45, 7) is 0. The molecule has 0 spiro atoms. The van der Waals surface area contributed by atoms with E-state index in [-0.39, 0.29) is 11.9 Å². The molecule has 2 heterocycles. The largest absolute Gasteiger partial charge is 0.346 e. The summed E-state index contributed by atoms with van der Waals surface area (Å²) in [5.74, 6) is 2.54. The van der Waals surface area contributed by atoms with Gasteiger partial charge in [0.05, 0.1) is 6.04 Å². The first kappa shape index (κ1) is 18.8. The minimum atomic E-state index is -0.130. The summed E-state index contributed by atoms with van der Waals surface area (Å²) < 4.78 is 1.95. The number of nitrogens with one attached hydrogen (secondary N) is 1. The molecule has 136 valence electrons. The highest BCUT2D eigenvalue weighted by Crippen LogP contribution is 2.20. The van der Waals surface area contributed by atoms with Crippen LogP contribution >= 0.6 is 23.5 Å². The first-order chi connectivity index (χ1) is 12.8. The molecular weight excluding hydrogens is 364 g/mol. The number of hydrogen-bond acceptors (Lipinski definition) is 5. The number of hydrogen-bond donors (Lipinski definition) is 1. The minimum absolute atomic E-state index is 0.0483. The average Bonchev–Trinajstić information content (AvgIpc) is 3.10. The zero-order valence-electron chi connectivity index (χ0n) is 14.7. The molecule has 0 bridgehead atoms. The topological polar surface area (TPSA) is 59.3 Å². The number of thioether (sulfide) groups is 2. The predicted molar refractivity (Wildman–Crippen MR) is 109 cm³/mol. The highest BCUT2D eigenvalue weighted by Gasteiger charge is 2.19. The van der Waals surface area contributed by atoms with Gasteiger partial charge in [-0.1, -0.05) is 24.3 Å². The van der Waals surface area contributed by atoms with Crippen LogP contribution in [0.4, 0.5) is 0 Å². The zero-order chi connectivity index (χ0) is 18.2. The van der Waals surface area contributed by atoms with Crippen molar-refractivity contribution in [2.24, 2.45) is 0 Å². The molecule has 0 fully saturated rings. The third kappa shape index (κ3) is 5.02. The molecule has 1 N–H and O–H groups in total. The monoisotopic (exact) mass is 386 g/mol. The Morgan fingerprint density at radius 2 is 1.92 bits per heavy atom. The van der Waals surface area contributed by atoms with Crippen molar-refractivity contribution in [2.75, 3.05) is 17.8 Å². The number of carbonyl (C=O) groups excluding carboxylic acids is 1. The molecule has 1 amide bonds. The second-order valence-corrected chi connectivity index (χ2v) is 7.95. The fraction of sp³-hybridized carbons (Fsp3) is 0.316. The molecule has 2 aromatic heterocycles. The first-order valence-electron chi connectivity index (χ1n) is 8.53. The van der Waals surface area contributed by atoms with Crippen molar-refractivity contribution in [3.8, 4) is 0 Å². The third-order valence-corrected chi connectivity index (χ3v) is 5.60. The highest BCUT2D eigenvalue weighted by atomic mass is 32.2. The lowest BCUT2D eigenvalue weighted by molar-refractivity contribution is -0.121. The molecule has 3 aromatic rings. The summed E-state index contributed by atoms with van der Waals surface area (Å²) in [6, 6.07) is 15.8. The van der Waals surface area contributed by atoms with E-state index < -0.39 is 0 Å². The molecule has 0 aliphatic rings. The summed E-state index contributed by atoms with van der Waals surface area (Å²) in [7, 11) is 0. The maximum atomic E-state index is 12.4. The maximum absolute atomic E-state index is 12.4. The van der Waals surface area contributed by atoms with Gasteiger partial charge in [0.1, 0.15) is 0 Å². The van der Waals surface area contributed by atoms with Crippen molar-refractivity contribution in [3.63, 3.8) is 0 Å². The van der Waals surface area contributed by atoms with E-state index in [4.69, 9.17) is 0 Å². The van der Waals surface area contributed by atoms with Crippen LogP contribution in [0, 0.1) is 0 Å². The van der Waals surface area contributed by atoms with Crippen LogP contribution in [0.5, 0.6) is 0 Å². The number of pyridine rings is 1. The minimum Gasteiger partial charge on any atom is -0.346 e. The second kappa shape index (κ2) is 9.64. The van der Waals surface area contributed by atoms with Crippen molar-refractivity contribution in [3.05, 3.63) is 60.6 Å². The Morgan fingerprint density at radius 3 is 2.73 bits per heavy atom. The van der Waals surface area contributed by atoms with Crippen LogP contribution in [0.2, 0.25) is 0 Å². The Kier molecular flexibility index (Phi) is 6.96. The Hall–Kier alpha value is -1.99. The van der Waals surface area contributed by atoms with E-state index in [1.54, 1.807) is 23.5 Å². The Bertz CT molecular complexity index is 838. The third-order valence-electron chi connectivity index (χ3n) is 3.94. The van der Waals surface area contributed by atoms with Gasteiger partial charge in [0.25, 0.3) is 0 Å². The van der Waals surface area contributed by atoms with Crippen molar-refractivity contribution in [1.29, 1.82) is 0 Å². The van der Waals surface area contributed by atoms with E-state index in [2.05, 4.69) is 33.9 Å². The Balaban J connectivity index is 1.61. The highest BCUT2D eigenvalue weighted by molar-refractivity contribution is 7.99. The summed E-state index contributed by atoms with van der Waals surface area (Å²) in [4.78, 5) is 13.6. The standard InChI is InChI=1S/C19H22N4OS2/c1-25-13-10-16(19-22-21-17-9-5-6-12-23(17)19)20-18(24)11-14-26-15-7-3-2-4-8-15/h2-9,12,16H,10-11,13-14H2,1H3,(H,20,24). The molecule has 1 unspecified atom stereocenters. The first-order valence-corrected chi connectivity index (χ1v) is 10.9. The molecule has 26 heavy (non-hydrogen) atoms. The normalized spacial score (nSPS) is 12.2. The van der Waals surface area contributed by atoms with Gasteiger partial charge in [-0.2, -0.15) is 11.8 Å². The molecule has 5 nitrogen and oxygen atoms in total. The molecular formula is C19H22N4OS2. The van der Waals surface area contributed by atoms with Crippen molar-refractivity contribution >= 4 is 35.1 Å². The van der Waals surface area contributed by atoms with Crippen LogP contribution in [0.25, 0.3) is 5.65 Å². The predicted octanol–water partition coefficient (Wildman–Crippen LogP) is 3.82. The van der Waals surface area contributed by atoms with E-state index in [0.29, 0.717) is 6.42 Å². The molecule has 0 saturated heterocycles. The van der Waals surface area contributed by atoms with Gasteiger partial charge in [-0.05, 0) is 42.7 Å². The van der Waals surface area contributed by atoms with E-state index in [9.17, 15) is 4.79 Å². The number of carbonyl (C=O) groups is 1. The van der Waals surface area contributed by atoms with Crippen LogP contribution in [-0.4, -0.2) is 38.3 Å². The zero-order valence-corrected chi connectivity index (χ0v) is 16.3. The van der Waals surface area contributed by atoms with E-state index in [1.807, 2.05) is 47.0 Å². The SMILES string of the molecule is CSCCC(NC(=O)CCSc1ccccc1)c1nnc2ccccn12. The smallest absolute Gasteiger partial charge is 0.221 e. The van der Waals surface area contributed by atoms with Crippen LogP contribution in [0.15, 0.2) is 59.6 Å². The van der Waals surface area contributed by atoms with Gasteiger partial charge in [0.2, 0.25) is 5.91 Å². The maximum Gasteiger partial charge on any atom is 0.221 e. The fourth-order valence-electron chi connectivity index (χ4n) is 2.64. The quantitative estimate of drug-likeness (QED) is 0.567. The van der Waals surface area contributed by atoms with E-state index in [0.717, 1.165) is 29.4 Å². The molecule has 0 aliphatic carbocycles. The molecule has 7 heteroatoms.